The molecule has 4 aromatic rings. The maximum atomic E-state index is 15.5. The minimum atomic E-state index is -0.458. The van der Waals surface area contributed by atoms with Crippen molar-refractivity contribution in [3.63, 3.8) is 0 Å². The maximum absolute atomic E-state index is 15.5. The summed E-state index contributed by atoms with van der Waals surface area (Å²) in [6.07, 6.45) is 4.84. The van der Waals surface area contributed by atoms with Gasteiger partial charge in [0.2, 0.25) is 0 Å². The Bertz CT molecular complexity index is 1670. The Balaban J connectivity index is 0.000000817. The van der Waals surface area contributed by atoms with Gasteiger partial charge in [0.1, 0.15) is 34.8 Å². The van der Waals surface area contributed by atoms with Crippen LogP contribution in [0.25, 0.3) is 11.0 Å². The summed E-state index contributed by atoms with van der Waals surface area (Å²) in [5, 5.41) is 9.20. The van der Waals surface area contributed by atoms with Gasteiger partial charge in [-0.25, -0.2) is 24.9 Å². The summed E-state index contributed by atoms with van der Waals surface area (Å²) in [6.45, 7) is 11.2. The summed E-state index contributed by atoms with van der Waals surface area (Å²) in [5.41, 5.74) is 10.6. The van der Waals surface area contributed by atoms with E-state index in [1.807, 2.05) is 12.1 Å². The molecule has 3 N–H and O–H groups in total. The summed E-state index contributed by atoms with van der Waals surface area (Å²) in [6, 6.07) is 12.4. The molecule has 0 saturated carbocycles. The Morgan fingerprint density at radius 2 is 1.93 bits per heavy atom. The molecule has 1 saturated heterocycles. The van der Waals surface area contributed by atoms with Crippen LogP contribution in [0.5, 0.6) is 11.5 Å². The second-order valence-electron chi connectivity index (χ2n) is 10.8. The van der Waals surface area contributed by atoms with Crippen molar-refractivity contribution in [1.29, 1.82) is 5.53 Å². The van der Waals surface area contributed by atoms with Gasteiger partial charge in [-0.2, -0.15) is 5.11 Å². The fourth-order valence-electron chi connectivity index (χ4n) is 4.82. The molecule has 0 atom stereocenters. The van der Waals surface area contributed by atoms with E-state index in [0.717, 1.165) is 31.4 Å². The molecule has 2 aromatic carbocycles. The van der Waals surface area contributed by atoms with Crippen LogP contribution < -0.4 is 49.8 Å². The van der Waals surface area contributed by atoms with Crippen LogP contribution in [-0.2, 0) is 17.4 Å². The average Bonchev–Trinajstić information content (AvgIpc) is 3.00. The minimum Gasteiger partial charge on any atom is -0.737 e. The average molecular weight is 625 g/mol. The number of nitrogens with one attached hydrogen (secondary N) is 3. The summed E-state index contributed by atoms with van der Waals surface area (Å²) in [7, 11) is 1.75. The van der Waals surface area contributed by atoms with Crippen molar-refractivity contribution in [2.45, 2.75) is 33.6 Å². The van der Waals surface area contributed by atoms with Crippen LogP contribution in [0.15, 0.2) is 66.6 Å². The fraction of sp³-hybridized carbons (Fsp3) is 0.290. The van der Waals surface area contributed by atoms with Gasteiger partial charge in [-0.05, 0) is 67.7 Å². The van der Waals surface area contributed by atoms with Crippen molar-refractivity contribution in [3.8, 4) is 11.5 Å². The molecule has 3 heterocycles. The van der Waals surface area contributed by atoms with Gasteiger partial charge in [-0.15, -0.1) is 0 Å². The van der Waals surface area contributed by atoms with Crippen LogP contribution >= 0.6 is 0 Å². The molecule has 0 spiro atoms. The molecule has 0 amide bonds. The molecule has 1 aliphatic rings. The smallest absolute Gasteiger partial charge is 0.737 e. The van der Waals surface area contributed by atoms with Crippen molar-refractivity contribution in [2.75, 3.05) is 35.7 Å². The molecular weight excluding hydrogens is 590 g/mol. The van der Waals surface area contributed by atoms with E-state index in [9.17, 15) is 4.79 Å². The van der Waals surface area contributed by atoms with E-state index in [4.69, 9.17) is 15.3 Å². The van der Waals surface area contributed by atoms with Gasteiger partial charge in [0, 0.05) is 36.9 Å². The molecule has 1 fully saturated rings. The number of ether oxygens (including phenoxy) is 1. The molecule has 13 heteroatoms. The number of benzene rings is 2. The third-order valence-electron chi connectivity index (χ3n) is 7.03. The molecule has 0 aliphatic carbocycles. The van der Waals surface area contributed by atoms with Gasteiger partial charge < -0.3 is 37.7 Å². The summed E-state index contributed by atoms with van der Waals surface area (Å²) in [4.78, 5) is 25.4. The van der Waals surface area contributed by atoms with E-state index >= 15 is 4.39 Å². The van der Waals surface area contributed by atoms with Gasteiger partial charge in [0.05, 0.1) is 16.9 Å². The maximum Gasteiger partial charge on any atom is 1.00 e. The van der Waals surface area contributed by atoms with Crippen molar-refractivity contribution >= 4 is 57.5 Å². The molecule has 10 nitrogen and oxygen atoms in total. The molecule has 1 aliphatic heterocycles. The first-order chi connectivity index (χ1) is 20.5. The first-order valence-corrected chi connectivity index (χ1v) is 14.1. The summed E-state index contributed by atoms with van der Waals surface area (Å²) in [5.74, 6) is 1.66. The topological polar surface area (TPSA) is 128 Å². The Kier molecular flexibility index (Phi) is 12.1. The number of anilines is 4. The number of carbonyl (C=O) groups is 1. The largest absolute Gasteiger partial charge is 1.00 e. The standard InChI is InChI=1S/C28H31FN8O.C3H4OS.Na/c1-17-23(38-18-6-7-19(31-4)22(14-18)36-30)10-8-20(25(17)29)34-27-26-21(32-16-33-27)9-11-24(35-26)37-13-5-12-28(2,3)15-37;1-2-3(4)5;/h6-11,14,16,30-31H,5,12-13,15H2,1-4H3,(H,32,33,34);2H,1H2,(H,4,5);/q;;+1/p-1. The third kappa shape index (κ3) is 8.47. The van der Waals surface area contributed by atoms with Crippen LogP contribution in [0.3, 0.4) is 0 Å². The van der Waals surface area contributed by atoms with E-state index < -0.39 is 10.9 Å². The Morgan fingerprint density at radius 3 is 2.59 bits per heavy atom. The number of halogens is 1. The van der Waals surface area contributed by atoms with Crippen molar-refractivity contribution in [3.05, 3.63) is 72.8 Å². The summed E-state index contributed by atoms with van der Waals surface area (Å²) < 4.78 is 21.4. The molecule has 0 radical (unpaired) electrons. The second kappa shape index (κ2) is 15.3. The molecule has 224 valence electrons. The number of aromatic nitrogens is 3. The number of pyridine rings is 1. The van der Waals surface area contributed by atoms with E-state index in [-0.39, 0.29) is 40.7 Å². The van der Waals surface area contributed by atoms with E-state index in [0.29, 0.717) is 45.3 Å². The summed E-state index contributed by atoms with van der Waals surface area (Å²) >= 11 is 4.02. The first-order valence-electron chi connectivity index (χ1n) is 13.7. The van der Waals surface area contributed by atoms with Crippen LogP contribution in [0.2, 0.25) is 0 Å². The van der Waals surface area contributed by atoms with Crippen molar-refractivity contribution < 1.29 is 43.5 Å². The number of carbonyl (C=O) groups excluding carboxylic acids is 1. The van der Waals surface area contributed by atoms with Gasteiger partial charge in [0.15, 0.2) is 11.6 Å². The predicted octanol–water partition coefficient (Wildman–Crippen LogP) is 4.59. The molecule has 0 unspecified atom stereocenters. The van der Waals surface area contributed by atoms with Crippen molar-refractivity contribution in [2.24, 2.45) is 10.5 Å². The van der Waals surface area contributed by atoms with E-state index in [2.05, 4.69) is 63.7 Å². The van der Waals surface area contributed by atoms with Crippen molar-refractivity contribution in [1.82, 2.24) is 15.0 Å². The van der Waals surface area contributed by atoms with E-state index in [1.54, 1.807) is 44.3 Å². The van der Waals surface area contributed by atoms with Crippen LogP contribution in [0.1, 0.15) is 32.3 Å². The predicted molar refractivity (Wildman–Crippen MR) is 170 cm³/mol. The molecular formula is C31H34FN8NaO2S. The molecule has 5 rings (SSSR count). The molecule has 0 bridgehead atoms. The first kappa shape index (κ1) is 34.8. The monoisotopic (exact) mass is 624 g/mol. The number of hydrogen-bond acceptors (Lipinski definition) is 11. The Hall–Kier alpha value is -3.71. The van der Waals surface area contributed by atoms with Gasteiger partial charge >= 0.3 is 29.6 Å². The van der Waals surface area contributed by atoms with Gasteiger partial charge in [-0.1, -0.05) is 20.4 Å². The quantitative estimate of drug-likeness (QED) is 0.112. The normalized spacial score (nSPS) is 13.5. The third-order valence-corrected chi connectivity index (χ3v) is 7.20. The second-order valence-corrected chi connectivity index (χ2v) is 11.2. The van der Waals surface area contributed by atoms with Gasteiger partial charge in [-0.3, -0.25) is 0 Å². The molecule has 2 aromatic heterocycles. The minimum absolute atomic E-state index is 0. The number of rotatable bonds is 8. The zero-order valence-electron chi connectivity index (χ0n) is 25.6. The number of nitrogens with zero attached hydrogens (tertiary/aromatic N) is 5. The zero-order valence-corrected chi connectivity index (χ0v) is 28.4. The number of fused-ring (bicyclic) bond motifs is 1. The Labute approximate surface area is 284 Å². The number of hydrogen-bond donors (Lipinski definition) is 3. The zero-order chi connectivity index (χ0) is 31.1. The molecule has 44 heavy (non-hydrogen) atoms. The fourth-order valence-corrected chi connectivity index (χ4v) is 4.82. The number of piperidine rings is 1. The Morgan fingerprint density at radius 1 is 1.20 bits per heavy atom. The van der Waals surface area contributed by atoms with Crippen LogP contribution in [0, 0.1) is 23.7 Å². The van der Waals surface area contributed by atoms with Crippen LogP contribution in [-0.4, -0.2) is 40.2 Å². The van der Waals surface area contributed by atoms with E-state index in [1.165, 1.54) is 12.7 Å². The van der Waals surface area contributed by atoms with Gasteiger partial charge in [0.25, 0.3) is 0 Å². The SMILES string of the molecule is C=CC(=O)[S-].CNc1ccc(Oc2ccc(Nc3ncnc4ccc(N5CCCC(C)(C)C5)nc34)c(F)c2C)cc1N=N.[Na+]. The van der Waals surface area contributed by atoms with Crippen LogP contribution in [0.4, 0.5) is 33.1 Å².